The molecular formula is C15H19ClO2. The molecule has 98 valence electrons. The van der Waals surface area contributed by atoms with Crippen molar-refractivity contribution in [3.05, 3.63) is 35.4 Å². The van der Waals surface area contributed by atoms with Gasteiger partial charge in [-0.1, -0.05) is 12.1 Å². The summed E-state index contributed by atoms with van der Waals surface area (Å²) in [4.78, 5) is 11.0. The number of halogens is 1. The lowest BCUT2D eigenvalue weighted by Crippen LogP contribution is -2.17. The number of carbonyl (C=O) groups excluding carboxylic acids is 1. The normalized spacial score (nSPS) is 23.9. The number of methoxy groups -OCH3 is 1. The quantitative estimate of drug-likeness (QED) is 0.771. The summed E-state index contributed by atoms with van der Waals surface area (Å²) in [7, 11) is 1.77. The van der Waals surface area contributed by atoms with Gasteiger partial charge in [-0.15, -0.1) is 0 Å². The van der Waals surface area contributed by atoms with Crippen LogP contribution >= 0.6 is 11.6 Å². The lowest BCUT2D eigenvalue weighted by molar-refractivity contribution is 0.108. The third kappa shape index (κ3) is 3.33. The molecule has 0 spiro atoms. The number of hydrogen-bond donors (Lipinski definition) is 0. The molecule has 2 nitrogen and oxygen atoms in total. The second-order valence-corrected chi connectivity index (χ2v) is 5.41. The fourth-order valence-corrected chi connectivity index (χ4v) is 2.91. The molecule has 0 heterocycles. The van der Waals surface area contributed by atoms with Gasteiger partial charge in [0.15, 0.2) is 0 Å². The molecule has 0 aromatic heterocycles. The zero-order valence-electron chi connectivity index (χ0n) is 10.7. The Hall–Kier alpha value is -0.860. The van der Waals surface area contributed by atoms with Crippen LogP contribution in [0.5, 0.6) is 0 Å². The van der Waals surface area contributed by atoms with Crippen molar-refractivity contribution in [2.45, 2.75) is 31.6 Å². The van der Waals surface area contributed by atoms with Crippen LogP contribution in [0.3, 0.4) is 0 Å². The van der Waals surface area contributed by atoms with Crippen molar-refractivity contribution in [2.24, 2.45) is 5.92 Å². The van der Waals surface area contributed by atoms with E-state index in [0.717, 1.165) is 12.5 Å². The van der Waals surface area contributed by atoms with Gasteiger partial charge in [-0.25, -0.2) is 0 Å². The van der Waals surface area contributed by atoms with Gasteiger partial charge in [-0.3, -0.25) is 4.79 Å². The highest BCUT2D eigenvalue weighted by molar-refractivity contribution is 6.67. The van der Waals surface area contributed by atoms with Crippen LogP contribution in [0.1, 0.15) is 47.5 Å². The van der Waals surface area contributed by atoms with E-state index < -0.39 is 0 Å². The number of ether oxygens (including phenoxy) is 1. The second kappa shape index (κ2) is 6.35. The summed E-state index contributed by atoms with van der Waals surface area (Å²) < 4.78 is 5.21. The molecule has 1 aliphatic rings. The maximum atomic E-state index is 11.0. The van der Waals surface area contributed by atoms with Crippen LogP contribution in [0.15, 0.2) is 24.3 Å². The van der Waals surface area contributed by atoms with Crippen LogP contribution in [0.4, 0.5) is 0 Å². The van der Waals surface area contributed by atoms with Gasteiger partial charge in [-0.05, 0) is 66.8 Å². The standard InChI is InChI=1S/C15H19ClO2/c1-18-10-11-2-4-12(5-3-11)13-6-8-14(9-7-13)15(16)17/h6-9,11-12H,2-5,10H2,1H3. The van der Waals surface area contributed by atoms with E-state index in [4.69, 9.17) is 16.3 Å². The summed E-state index contributed by atoms with van der Waals surface area (Å²) in [6, 6.07) is 7.73. The van der Waals surface area contributed by atoms with Crippen molar-refractivity contribution < 1.29 is 9.53 Å². The molecule has 1 fully saturated rings. The summed E-state index contributed by atoms with van der Waals surface area (Å²) in [5.41, 5.74) is 1.90. The molecule has 0 N–H and O–H groups in total. The molecule has 0 bridgehead atoms. The van der Waals surface area contributed by atoms with Crippen molar-refractivity contribution in [3.63, 3.8) is 0 Å². The van der Waals surface area contributed by atoms with Crippen molar-refractivity contribution in [1.82, 2.24) is 0 Å². The van der Waals surface area contributed by atoms with Crippen molar-refractivity contribution in [1.29, 1.82) is 0 Å². The molecule has 0 radical (unpaired) electrons. The topological polar surface area (TPSA) is 26.3 Å². The molecule has 1 saturated carbocycles. The number of hydrogen-bond acceptors (Lipinski definition) is 2. The first-order valence-electron chi connectivity index (χ1n) is 6.49. The van der Waals surface area contributed by atoms with E-state index in [1.54, 1.807) is 7.11 Å². The minimum absolute atomic E-state index is 0.384. The smallest absolute Gasteiger partial charge is 0.252 e. The lowest BCUT2D eigenvalue weighted by atomic mass is 9.79. The van der Waals surface area contributed by atoms with Gasteiger partial charge in [0.1, 0.15) is 0 Å². The highest BCUT2D eigenvalue weighted by Crippen LogP contribution is 2.35. The van der Waals surface area contributed by atoms with Gasteiger partial charge in [0.25, 0.3) is 5.24 Å². The largest absolute Gasteiger partial charge is 0.384 e. The van der Waals surface area contributed by atoms with Gasteiger partial charge in [0, 0.05) is 19.3 Å². The van der Waals surface area contributed by atoms with Crippen molar-refractivity contribution in [3.8, 4) is 0 Å². The summed E-state index contributed by atoms with van der Waals surface area (Å²) in [6.45, 7) is 0.881. The summed E-state index contributed by atoms with van der Waals surface area (Å²) in [5, 5.41) is -0.384. The third-order valence-electron chi connectivity index (χ3n) is 3.86. The Labute approximate surface area is 113 Å². The SMILES string of the molecule is COCC1CCC(c2ccc(C(=O)Cl)cc2)CC1. The minimum atomic E-state index is -0.384. The van der Waals surface area contributed by atoms with Crippen molar-refractivity contribution in [2.75, 3.05) is 13.7 Å². The van der Waals surface area contributed by atoms with E-state index in [1.807, 2.05) is 24.3 Å². The molecule has 3 heteroatoms. The van der Waals surface area contributed by atoms with Crippen LogP contribution in [-0.4, -0.2) is 19.0 Å². The van der Waals surface area contributed by atoms with Gasteiger partial charge < -0.3 is 4.74 Å². The van der Waals surface area contributed by atoms with Crippen LogP contribution in [0.2, 0.25) is 0 Å². The van der Waals surface area contributed by atoms with E-state index in [-0.39, 0.29) is 5.24 Å². The van der Waals surface area contributed by atoms with Gasteiger partial charge >= 0.3 is 0 Å². The van der Waals surface area contributed by atoms with E-state index in [2.05, 4.69) is 0 Å². The fourth-order valence-electron chi connectivity index (χ4n) is 2.78. The van der Waals surface area contributed by atoms with Gasteiger partial charge in [0.2, 0.25) is 0 Å². The average Bonchev–Trinajstić information content (AvgIpc) is 2.40. The Morgan fingerprint density at radius 2 is 1.83 bits per heavy atom. The molecule has 1 aromatic carbocycles. The van der Waals surface area contributed by atoms with E-state index in [9.17, 15) is 4.79 Å². The third-order valence-corrected chi connectivity index (χ3v) is 4.08. The molecule has 1 aliphatic carbocycles. The first-order chi connectivity index (χ1) is 8.70. The fraction of sp³-hybridized carbons (Fsp3) is 0.533. The predicted molar refractivity (Wildman–Crippen MR) is 73.2 cm³/mol. The Morgan fingerprint density at radius 1 is 1.22 bits per heavy atom. The molecular weight excluding hydrogens is 248 g/mol. The van der Waals surface area contributed by atoms with Gasteiger partial charge in [0.05, 0.1) is 0 Å². The zero-order valence-corrected chi connectivity index (χ0v) is 11.5. The first kappa shape index (κ1) is 13.6. The molecule has 2 rings (SSSR count). The molecule has 1 aromatic rings. The molecule has 0 saturated heterocycles. The minimum Gasteiger partial charge on any atom is -0.384 e. The molecule has 0 atom stereocenters. The Balaban J connectivity index is 1.95. The van der Waals surface area contributed by atoms with Crippen molar-refractivity contribution >= 4 is 16.8 Å². The predicted octanol–water partition coefficient (Wildman–Crippen LogP) is 3.99. The molecule has 0 aliphatic heterocycles. The van der Waals surface area contributed by atoms with Crippen LogP contribution in [0, 0.1) is 5.92 Å². The van der Waals surface area contributed by atoms with E-state index in [0.29, 0.717) is 11.5 Å². The molecule has 0 amide bonds. The maximum Gasteiger partial charge on any atom is 0.252 e. The first-order valence-corrected chi connectivity index (χ1v) is 6.87. The Kier molecular flexibility index (Phi) is 4.79. The Bertz CT molecular complexity index is 391. The van der Waals surface area contributed by atoms with Gasteiger partial charge in [-0.2, -0.15) is 0 Å². The number of carbonyl (C=O) groups is 1. The van der Waals surface area contributed by atoms with E-state index >= 15 is 0 Å². The average molecular weight is 267 g/mol. The number of benzene rings is 1. The number of rotatable bonds is 4. The zero-order chi connectivity index (χ0) is 13.0. The molecule has 18 heavy (non-hydrogen) atoms. The summed E-state index contributed by atoms with van der Waals surface area (Å²) >= 11 is 5.44. The monoisotopic (exact) mass is 266 g/mol. The van der Waals surface area contributed by atoms with Crippen LogP contribution in [-0.2, 0) is 4.74 Å². The van der Waals surface area contributed by atoms with Crippen LogP contribution < -0.4 is 0 Å². The maximum absolute atomic E-state index is 11.0. The highest BCUT2D eigenvalue weighted by Gasteiger charge is 2.22. The van der Waals surface area contributed by atoms with E-state index in [1.165, 1.54) is 31.2 Å². The molecule has 0 unspecified atom stereocenters. The van der Waals surface area contributed by atoms with Crippen LogP contribution in [0.25, 0.3) is 0 Å². The Morgan fingerprint density at radius 3 is 2.33 bits per heavy atom. The summed E-state index contributed by atoms with van der Waals surface area (Å²) in [6.07, 6.45) is 4.88. The highest BCUT2D eigenvalue weighted by atomic mass is 35.5. The second-order valence-electron chi connectivity index (χ2n) is 5.07. The summed E-state index contributed by atoms with van der Waals surface area (Å²) in [5.74, 6) is 1.34. The lowest BCUT2D eigenvalue weighted by Gasteiger charge is -2.28.